The molecule has 0 aliphatic carbocycles. The maximum Gasteiger partial charge on any atom is 0.119 e. The first-order chi connectivity index (χ1) is 7.81. The maximum absolute atomic E-state index is 5.48. The third-order valence-electron chi connectivity index (χ3n) is 2.85. The van der Waals surface area contributed by atoms with Crippen LogP contribution in [0.5, 0.6) is 0 Å². The summed E-state index contributed by atoms with van der Waals surface area (Å²) in [5.41, 5.74) is 0. The zero-order valence-electron chi connectivity index (χ0n) is 10.6. The number of hydrogen-bond donors (Lipinski definition) is 0. The molecule has 0 amide bonds. The van der Waals surface area contributed by atoms with Gasteiger partial charge in [0, 0.05) is 20.2 Å². The normalized spacial score (nSPS) is 26.0. The summed E-state index contributed by atoms with van der Waals surface area (Å²) < 4.78 is 7.52. The van der Waals surface area contributed by atoms with Crippen molar-refractivity contribution in [3.05, 3.63) is 12.7 Å². The molecular weight excluding hydrogens is 204 g/mol. The van der Waals surface area contributed by atoms with Gasteiger partial charge in [0.15, 0.2) is 0 Å². The van der Waals surface area contributed by atoms with Gasteiger partial charge in [0.1, 0.15) is 12.7 Å². The van der Waals surface area contributed by atoms with Crippen LogP contribution in [-0.4, -0.2) is 53.0 Å². The molecule has 0 bridgehead atoms. The lowest BCUT2D eigenvalue weighted by Crippen LogP contribution is -2.43. The fraction of sp³-hybridized carbons (Fsp3) is 0.818. The van der Waals surface area contributed by atoms with Crippen molar-refractivity contribution in [1.82, 2.24) is 19.7 Å². The van der Waals surface area contributed by atoms with E-state index in [9.17, 15) is 0 Å². The highest BCUT2D eigenvalue weighted by atomic mass is 16.5. The summed E-state index contributed by atoms with van der Waals surface area (Å²) in [6.07, 6.45) is 4.86. The summed E-state index contributed by atoms with van der Waals surface area (Å²) in [7, 11) is 3.88. The summed E-state index contributed by atoms with van der Waals surface area (Å²) in [5, 5.41) is 7.66. The Morgan fingerprint density at radius 2 is 1.88 bits per heavy atom. The fourth-order valence-corrected chi connectivity index (χ4v) is 2.01. The van der Waals surface area contributed by atoms with Crippen molar-refractivity contribution in [2.24, 2.45) is 0 Å². The first kappa shape index (κ1) is 13.1. The number of likely N-dealkylation sites (tertiary alicyclic amines) is 1. The summed E-state index contributed by atoms with van der Waals surface area (Å²) in [4.78, 5) is 2.29. The van der Waals surface area contributed by atoms with Crippen LogP contribution in [0.2, 0.25) is 0 Å². The molecule has 1 aromatic rings. The highest BCUT2D eigenvalue weighted by molar-refractivity contribution is 4.85. The highest BCUT2D eigenvalue weighted by Crippen LogP contribution is 2.23. The minimum atomic E-state index is 0.241. The molecule has 92 valence electrons. The van der Waals surface area contributed by atoms with Crippen LogP contribution in [-0.2, 0) is 4.74 Å². The van der Waals surface area contributed by atoms with Crippen molar-refractivity contribution in [3.8, 4) is 0 Å². The Hall–Kier alpha value is -0.940. The Bertz CT molecular complexity index is 276. The van der Waals surface area contributed by atoms with E-state index in [2.05, 4.69) is 22.1 Å². The highest BCUT2D eigenvalue weighted by Gasteiger charge is 2.28. The van der Waals surface area contributed by atoms with Crippen LogP contribution >= 0.6 is 0 Å². The van der Waals surface area contributed by atoms with Gasteiger partial charge in [-0.2, -0.15) is 0 Å². The van der Waals surface area contributed by atoms with Crippen molar-refractivity contribution < 1.29 is 4.74 Å². The molecule has 1 saturated heterocycles. The second-order valence-electron chi connectivity index (χ2n) is 3.80. The molecule has 16 heavy (non-hydrogen) atoms. The molecule has 0 spiro atoms. The average Bonchev–Trinajstić information content (AvgIpc) is 2.85. The van der Waals surface area contributed by atoms with Crippen LogP contribution < -0.4 is 0 Å². The van der Waals surface area contributed by atoms with Crippen molar-refractivity contribution in [1.29, 1.82) is 0 Å². The number of methoxy groups -OCH3 is 1. The van der Waals surface area contributed by atoms with Gasteiger partial charge in [-0.05, 0) is 13.5 Å². The molecule has 0 radical (unpaired) electrons. The molecule has 0 N–H and O–H groups in total. The van der Waals surface area contributed by atoms with Crippen molar-refractivity contribution >= 4 is 0 Å². The van der Waals surface area contributed by atoms with E-state index in [1.54, 1.807) is 19.8 Å². The number of rotatable bonds is 2. The van der Waals surface area contributed by atoms with E-state index in [0.29, 0.717) is 6.04 Å². The summed E-state index contributed by atoms with van der Waals surface area (Å²) in [5.74, 6) is 0. The van der Waals surface area contributed by atoms with Crippen LogP contribution in [0, 0.1) is 0 Å². The van der Waals surface area contributed by atoms with E-state index < -0.39 is 0 Å². The Kier molecular flexibility index (Phi) is 5.42. The molecule has 2 atom stereocenters. The van der Waals surface area contributed by atoms with Crippen LogP contribution in [0.3, 0.4) is 0 Å². The van der Waals surface area contributed by atoms with E-state index in [0.717, 1.165) is 19.5 Å². The monoisotopic (exact) mass is 226 g/mol. The summed E-state index contributed by atoms with van der Waals surface area (Å²) in [6.45, 7) is 6.07. The predicted molar refractivity (Wildman–Crippen MR) is 63.3 cm³/mol. The smallest absolute Gasteiger partial charge is 0.119 e. The second kappa shape index (κ2) is 6.60. The van der Waals surface area contributed by atoms with Crippen LogP contribution in [0.1, 0.15) is 26.3 Å². The number of nitrogens with zero attached hydrogens (tertiary/aromatic N) is 4. The van der Waals surface area contributed by atoms with E-state index in [1.165, 1.54) is 0 Å². The van der Waals surface area contributed by atoms with Gasteiger partial charge in [-0.15, -0.1) is 10.2 Å². The second-order valence-corrected chi connectivity index (χ2v) is 3.80. The van der Waals surface area contributed by atoms with Gasteiger partial charge in [-0.1, -0.05) is 13.8 Å². The number of piperidine rings is 1. The summed E-state index contributed by atoms with van der Waals surface area (Å²) >= 11 is 0. The standard InChI is InChI=1S/C9H16N4O.C2H6/c1-12-4-3-8(9(5-12)14-2)13-6-10-11-7-13;1-2/h6-9H,3-5H2,1-2H3;1-2H3. The molecule has 5 heteroatoms. The van der Waals surface area contributed by atoms with Crippen molar-refractivity contribution in [3.63, 3.8) is 0 Å². The van der Waals surface area contributed by atoms with E-state index in [4.69, 9.17) is 4.74 Å². The first-order valence-corrected chi connectivity index (χ1v) is 5.86. The fourth-order valence-electron chi connectivity index (χ4n) is 2.01. The molecule has 2 unspecified atom stereocenters. The Balaban J connectivity index is 0.000000606. The molecule has 1 aliphatic heterocycles. The first-order valence-electron chi connectivity index (χ1n) is 5.86. The largest absolute Gasteiger partial charge is 0.378 e. The molecule has 1 aliphatic rings. The zero-order chi connectivity index (χ0) is 12.0. The molecule has 2 rings (SSSR count). The van der Waals surface area contributed by atoms with Gasteiger partial charge in [0.25, 0.3) is 0 Å². The quantitative estimate of drug-likeness (QED) is 0.760. The number of hydrogen-bond acceptors (Lipinski definition) is 4. The van der Waals surface area contributed by atoms with Gasteiger partial charge in [0.05, 0.1) is 12.1 Å². The SMILES string of the molecule is CC.COC1CN(C)CCC1n1cnnc1. The van der Waals surface area contributed by atoms with Gasteiger partial charge in [0.2, 0.25) is 0 Å². The third kappa shape index (κ3) is 3.02. The molecule has 0 aromatic carbocycles. The molecule has 5 nitrogen and oxygen atoms in total. The minimum Gasteiger partial charge on any atom is -0.378 e. The van der Waals surface area contributed by atoms with Crippen molar-refractivity contribution in [2.75, 3.05) is 27.2 Å². The van der Waals surface area contributed by atoms with Crippen LogP contribution in [0.15, 0.2) is 12.7 Å². The van der Waals surface area contributed by atoms with Gasteiger partial charge in [-0.3, -0.25) is 0 Å². The lowest BCUT2D eigenvalue weighted by molar-refractivity contribution is 0.00179. The minimum absolute atomic E-state index is 0.241. The topological polar surface area (TPSA) is 43.2 Å². The molecular formula is C11H22N4O. The third-order valence-corrected chi connectivity index (χ3v) is 2.85. The zero-order valence-corrected chi connectivity index (χ0v) is 10.6. The Labute approximate surface area is 97.4 Å². The maximum atomic E-state index is 5.48. The predicted octanol–water partition coefficient (Wildman–Crippen LogP) is 1.20. The van der Waals surface area contributed by atoms with Gasteiger partial charge >= 0.3 is 0 Å². The van der Waals surface area contributed by atoms with E-state index >= 15 is 0 Å². The Morgan fingerprint density at radius 3 is 2.44 bits per heavy atom. The molecule has 2 heterocycles. The van der Waals surface area contributed by atoms with Crippen LogP contribution in [0.4, 0.5) is 0 Å². The lowest BCUT2D eigenvalue weighted by Gasteiger charge is -2.36. The lowest BCUT2D eigenvalue weighted by atomic mass is 10.0. The number of aromatic nitrogens is 3. The molecule has 1 aromatic heterocycles. The van der Waals surface area contributed by atoms with E-state index in [-0.39, 0.29) is 6.10 Å². The van der Waals surface area contributed by atoms with E-state index in [1.807, 2.05) is 18.4 Å². The Morgan fingerprint density at radius 1 is 1.25 bits per heavy atom. The number of ether oxygens (including phenoxy) is 1. The van der Waals surface area contributed by atoms with Crippen molar-refractivity contribution in [2.45, 2.75) is 32.4 Å². The van der Waals surface area contributed by atoms with Crippen LogP contribution in [0.25, 0.3) is 0 Å². The molecule has 1 fully saturated rings. The van der Waals surface area contributed by atoms with Gasteiger partial charge < -0.3 is 14.2 Å². The number of likely N-dealkylation sites (N-methyl/N-ethyl adjacent to an activating group) is 1. The molecule has 0 saturated carbocycles. The van der Waals surface area contributed by atoms with Gasteiger partial charge in [-0.25, -0.2) is 0 Å². The average molecular weight is 226 g/mol. The summed E-state index contributed by atoms with van der Waals surface area (Å²) in [6, 6.07) is 0.381.